The van der Waals surface area contributed by atoms with Crippen molar-refractivity contribution in [2.24, 2.45) is 5.92 Å². The first kappa shape index (κ1) is 13.3. The summed E-state index contributed by atoms with van der Waals surface area (Å²) in [6.45, 7) is 5.80. The minimum absolute atomic E-state index is 0.109. The maximum Gasteiger partial charge on any atom is 0.141 e. The summed E-state index contributed by atoms with van der Waals surface area (Å²) >= 11 is 0. The number of Topliss-reactive ketones (excluding diaryl/α,β-unsaturated/α-hetero) is 1. The topological polar surface area (TPSA) is 29.1 Å². The Labute approximate surface area is 110 Å². The van der Waals surface area contributed by atoms with E-state index < -0.39 is 0 Å². The molecule has 0 saturated carbocycles. The van der Waals surface area contributed by atoms with Gasteiger partial charge >= 0.3 is 0 Å². The number of carbonyl (C=O) groups is 1. The van der Waals surface area contributed by atoms with Crippen LogP contribution in [0.3, 0.4) is 0 Å². The Bertz CT molecular complexity index is 425. The second-order valence-electron chi connectivity index (χ2n) is 5.31. The molecule has 98 valence electrons. The zero-order valence-electron chi connectivity index (χ0n) is 11.5. The standard InChI is InChI=1S/C16H23NO/c1-3-17-11-12(2)16(18)10-13-7-8-14-5-4-6-15(14)9-13/h7-9,12,17H,3-6,10-11H2,1-2H3. The summed E-state index contributed by atoms with van der Waals surface area (Å²) in [5.74, 6) is 0.451. The van der Waals surface area contributed by atoms with Crippen LogP contribution in [0.1, 0.15) is 37.0 Å². The Morgan fingerprint density at radius 3 is 2.89 bits per heavy atom. The van der Waals surface area contributed by atoms with E-state index in [-0.39, 0.29) is 5.92 Å². The monoisotopic (exact) mass is 245 g/mol. The summed E-state index contributed by atoms with van der Waals surface area (Å²) in [6.07, 6.45) is 4.24. The minimum atomic E-state index is 0.109. The minimum Gasteiger partial charge on any atom is -0.316 e. The Morgan fingerprint density at radius 1 is 1.33 bits per heavy atom. The molecule has 18 heavy (non-hydrogen) atoms. The van der Waals surface area contributed by atoms with E-state index >= 15 is 0 Å². The lowest BCUT2D eigenvalue weighted by Gasteiger charge is -2.11. The molecular formula is C16H23NO. The van der Waals surface area contributed by atoms with Gasteiger partial charge in [0, 0.05) is 18.9 Å². The van der Waals surface area contributed by atoms with Crippen molar-refractivity contribution < 1.29 is 4.79 Å². The van der Waals surface area contributed by atoms with Crippen molar-refractivity contribution in [3.05, 3.63) is 34.9 Å². The first-order valence-electron chi connectivity index (χ1n) is 7.04. The SMILES string of the molecule is CCNCC(C)C(=O)Cc1ccc2c(c1)CCC2. The molecular weight excluding hydrogens is 222 g/mol. The molecule has 2 nitrogen and oxygen atoms in total. The molecule has 2 rings (SSSR count). The molecule has 0 aliphatic heterocycles. The fourth-order valence-electron chi connectivity index (χ4n) is 2.59. The van der Waals surface area contributed by atoms with Gasteiger partial charge in [-0.15, -0.1) is 0 Å². The molecule has 0 fully saturated rings. The molecule has 0 bridgehead atoms. The predicted octanol–water partition coefficient (Wildman–Crippen LogP) is 2.53. The highest BCUT2D eigenvalue weighted by Gasteiger charge is 2.15. The summed E-state index contributed by atoms with van der Waals surface area (Å²) in [5.41, 5.74) is 4.12. The molecule has 1 aliphatic rings. The van der Waals surface area contributed by atoms with Gasteiger partial charge in [-0.3, -0.25) is 4.79 Å². The van der Waals surface area contributed by atoms with Crippen LogP contribution >= 0.6 is 0 Å². The van der Waals surface area contributed by atoms with Crippen molar-refractivity contribution in [3.8, 4) is 0 Å². The zero-order valence-corrected chi connectivity index (χ0v) is 11.5. The van der Waals surface area contributed by atoms with E-state index in [0.717, 1.165) is 13.1 Å². The molecule has 1 aromatic carbocycles. The molecule has 0 heterocycles. The van der Waals surface area contributed by atoms with Crippen LogP contribution in [-0.4, -0.2) is 18.9 Å². The summed E-state index contributed by atoms with van der Waals surface area (Å²) in [6, 6.07) is 6.57. The molecule has 0 spiro atoms. The third-order valence-corrected chi connectivity index (χ3v) is 3.79. The molecule has 1 N–H and O–H groups in total. The highest BCUT2D eigenvalue weighted by atomic mass is 16.1. The van der Waals surface area contributed by atoms with E-state index in [2.05, 4.69) is 30.4 Å². The van der Waals surface area contributed by atoms with Gasteiger partial charge in [0.05, 0.1) is 0 Å². The predicted molar refractivity (Wildman–Crippen MR) is 74.9 cm³/mol. The average Bonchev–Trinajstić information content (AvgIpc) is 2.83. The number of fused-ring (bicyclic) bond motifs is 1. The van der Waals surface area contributed by atoms with Crippen LogP contribution in [0.15, 0.2) is 18.2 Å². The lowest BCUT2D eigenvalue weighted by molar-refractivity contribution is -0.121. The van der Waals surface area contributed by atoms with E-state index in [1.807, 2.05) is 6.92 Å². The van der Waals surface area contributed by atoms with Crippen molar-refractivity contribution in [1.82, 2.24) is 5.32 Å². The molecule has 1 unspecified atom stereocenters. The number of aryl methyl sites for hydroxylation is 2. The van der Waals surface area contributed by atoms with Crippen molar-refractivity contribution in [3.63, 3.8) is 0 Å². The number of ketones is 1. The summed E-state index contributed by atoms with van der Waals surface area (Å²) < 4.78 is 0. The van der Waals surface area contributed by atoms with Crippen molar-refractivity contribution in [1.29, 1.82) is 0 Å². The zero-order chi connectivity index (χ0) is 13.0. The number of hydrogen-bond donors (Lipinski definition) is 1. The van der Waals surface area contributed by atoms with Crippen molar-refractivity contribution in [2.45, 2.75) is 39.5 Å². The highest BCUT2D eigenvalue weighted by molar-refractivity contribution is 5.83. The van der Waals surface area contributed by atoms with Crippen LogP contribution in [-0.2, 0) is 24.1 Å². The van der Waals surface area contributed by atoms with Gasteiger partial charge in [0.15, 0.2) is 0 Å². The van der Waals surface area contributed by atoms with Gasteiger partial charge in [-0.2, -0.15) is 0 Å². The van der Waals surface area contributed by atoms with Crippen LogP contribution in [0, 0.1) is 5.92 Å². The van der Waals surface area contributed by atoms with Crippen LogP contribution in [0.5, 0.6) is 0 Å². The maximum atomic E-state index is 12.1. The Balaban J connectivity index is 1.94. The normalized spacial score (nSPS) is 15.4. The molecule has 1 aliphatic carbocycles. The van der Waals surface area contributed by atoms with E-state index in [0.29, 0.717) is 12.2 Å². The maximum absolute atomic E-state index is 12.1. The number of hydrogen-bond acceptors (Lipinski definition) is 2. The molecule has 0 radical (unpaired) electrons. The van der Waals surface area contributed by atoms with E-state index in [4.69, 9.17) is 0 Å². The Morgan fingerprint density at radius 2 is 2.11 bits per heavy atom. The first-order valence-corrected chi connectivity index (χ1v) is 7.04. The van der Waals surface area contributed by atoms with Crippen molar-refractivity contribution >= 4 is 5.78 Å². The lowest BCUT2D eigenvalue weighted by atomic mass is 9.97. The second-order valence-corrected chi connectivity index (χ2v) is 5.31. The molecule has 0 amide bonds. The van der Waals surface area contributed by atoms with Gasteiger partial charge in [0.2, 0.25) is 0 Å². The summed E-state index contributed by atoms with van der Waals surface area (Å²) in [5, 5.41) is 3.24. The Hall–Kier alpha value is -1.15. The van der Waals surface area contributed by atoms with Crippen LogP contribution in [0.4, 0.5) is 0 Å². The van der Waals surface area contributed by atoms with E-state index in [1.54, 1.807) is 0 Å². The molecule has 2 heteroatoms. The largest absolute Gasteiger partial charge is 0.316 e. The quantitative estimate of drug-likeness (QED) is 0.834. The molecule has 1 aromatic rings. The number of rotatable bonds is 6. The van der Waals surface area contributed by atoms with Gasteiger partial charge in [0.25, 0.3) is 0 Å². The van der Waals surface area contributed by atoms with Crippen LogP contribution < -0.4 is 5.32 Å². The smallest absolute Gasteiger partial charge is 0.141 e. The fourth-order valence-corrected chi connectivity index (χ4v) is 2.59. The third-order valence-electron chi connectivity index (χ3n) is 3.79. The van der Waals surface area contributed by atoms with Crippen LogP contribution in [0.2, 0.25) is 0 Å². The number of benzene rings is 1. The van der Waals surface area contributed by atoms with Gasteiger partial charge in [-0.25, -0.2) is 0 Å². The van der Waals surface area contributed by atoms with E-state index in [1.165, 1.54) is 36.0 Å². The highest BCUT2D eigenvalue weighted by Crippen LogP contribution is 2.23. The first-order chi connectivity index (χ1) is 8.70. The summed E-state index contributed by atoms with van der Waals surface area (Å²) in [7, 11) is 0. The van der Waals surface area contributed by atoms with Crippen LogP contribution in [0.25, 0.3) is 0 Å². The molecule has 0 saturated heterocycles. The second kappa shape index (κ2) is 6.14. The lowest BCUT2D eigenvalue weighted by Crippen LogP contribution is -2.27. The average molecular weight is 245 g/mol. The molecule has 1 atom stereocenters. The number of carbonyl (C=O) groups excluding carboxylic acids is 1. The fraction of sp³-hybridized carbons (Fsp3) is 0.562. The number of nitrogens with one attached hydrogen (secondary N) is 1. The van der Waals surface area contributed by atoms with Crippen molar-refractivity contribution in [2.75, 3.05) is 13.1 Å². The summed E-state index contributed by atoms with van der Waals surface area (Å²) in [4.78, 5) is 12.1. The van der Waals surface area contributed by atoms with E-state index in [9.17, 15) is 4.79 Å². The van der Waals surface area contributed by atoms with Gasteiger partial charge in [-0.05, 0) is 42.5 Å². The van der Waals surface area contributed by atoms with Gasteiger partial charge in [0.1, 0.15) is 5.78 Å². The third kappa shape index (κ3) is 3.20. The van der Waals surface area contributed by atoms with Gasteiger partial charge in [-0.1, -0.05) is 32.0 Å². The Kier molecular flexibility index (Phi) is 4.54. The molecule has 0 aromatic heterocycles. The van der Waals surface area contributed by atoms with Gasteiger partial charge < -0.3 is 5.32 Å².